The van der Waals surface area contributed by atoms with Crippen molar-refractivity contribution >= 4 is 38.6 Å². The van der Waals surface area contributed by atoms with E-state index < -0.39 is 0 Å². The van der Waals surface area contributed by atoms with E-state index in [1.54, 1.807) is 0 Å². The summed E-state index contributed by atoms with van der Waals surface area (Å²) in [6.07, 6.45) is 4.83. The molecule has 0 N–H and O–H groups in total. The van der Waals surface area contributed by atoms with E-state index in [2.05, 4.69) is 207 Å². The van der Waals surface area contributed by atoms with Gasteiger partial charge in [-0.2, -0.15) is 0 Å². The third kappa shape index (κ3) is 5.68. The van der Waals surface area contributed by atoms with Crippen molar-refractivity contribution < 1.29 is 0 Å². The lowest BCUT2D eigenvalue weighted by molar-refractivity contribution is 0.660. The molecule has 0 saturated heterocycles. The topological polar surface area (TPSA) is 3.24 Å². The van der Waals surface area contributed by atoms with Crippen LogP contribution < -0.4 is 4.90 Å². The molecule has 9 aromatic rings. The molecule has 0 aliphatic heterocycles. The first-order valence-electron chi connectivity index (χ1n) is 20.9. The van der Waals surface area contributed by atoms with Crippen molar-refractivity contribution in [3.05, 3.63) is 210 Å². The van der Waals surface area contributed by atoms with E-state index in [1.165, 1.54) is 108 Å². The summed E-state index contributed by atoms with van der Waals surface area (Å²) in [5.74, 6) is 0. The van der Waals surface area contributed by atoms with Crippen LogP contribution in [-0.2, 0) is 18.3 Å². The molecular formula is C57H45N. The minimum Gasteiger partial charge on any atom is -0.310 e. The highest BCUT2D eigenvalue weighted by Crippen LogP contribution is 2.52. The van der Waals surface area contributed by atoms with Gasteiger partial charge in [0.2, 0.25) is 0 Å². The quantitative estimate of drug-likeness (QED) is 0.153. The molecule has 0 bridgehead atoms. The summed E-state index contributed by atoms with van der Waals surface area (Å²) in [5, 5.41) is 5.03. The highest BCUT2D eigenvalue weighted by atomic mass is 15.1. The molecule has 0 radical (unpaired) electrons. The Balaban J connectivity index is 1.07. The number of nitrogens with zero attached hydrogens (tertiary/aromatic N) is 1. The summed E-state index contributed by atoms with van der Waals surface area (Å²) in [5.41, 5.74) is 19.6. The molecule has 0 fully saturated rings. The zero-order chi connectivity index (χ0) is 38.8. The minimum atomic E-state index is -0.0851. The van der Waals surface area contributed by atoms with Crippen LogP contribution in [0.3, 0.4) is 0 Å². The summed E-state index contributed by atoms with van der Waals surface area (Å²) >= 11 is 0. The van der Waals surface area contributed by atoms with Gasteiger partial charge in [-0.05, 0) is 163 Å². The molecule has 0 saturated carbocycles. The van der Waals surface area contributed by atoms with Crippen LogP contribution in [0.2, 0.25) is 0 Å². The molecule has 11 rings (SSSR count). The predicted octanol–water partition coefficient (Wildman–Crippen LogP) is 15.6. The normalized spacial score (nSPS) is 13.9. The molecule has 2 aliphatic rings. The van der Waals surface area contributed by atoms with Crippen LogP contribution in [0.1, 0.15) is 48.9 Å². The van der Waals surface area contributed by atoms with Gasteiger partial charge in [0.1, 0.15) is 0 Å². The van der Waals surface area contributed by atoms with Crippen molar-refractivity contribution in [2.75, 3.05) is 4.90 Å². The van der Waals surface area contributed by atoms with E-state index in [0.717, 1.165) is 23.5 Å². The number of aryl methyl sites for hydroxylation is 1. The maximum absolute atomic E-state index is 2.52. The number of anilines is 3. The lowest BCUT2D eigenvalue weighted by Gasteiger charge is -2.27. The van der Waals surface area contributed by atoms with Gasteiger partial charge < -0.3 is 4.90 Å². The fourth-order valence-electron chi connectivity index (χ4n) is 10.0. The van der Waals surface area contributed by atoms with Crippen molar-refractivity contribution in [2.24, 2.45) is 0 Å². The van der Waals surface area contributed by atoms with Gasteiger partial charge in [0.15, 0.2) is 0 Å². The molecule has 0 amide bonds. The Hall–Kier alpha value is -6.70. The Morgan fingerprint density at radius 2 is 1.00 bits per heavy atom. The molecule has 1 nitrogen and oxygen atoms in total. The molecule has 2 aliphatic carbocycles. The monoisotopic (exact) mass is 743 g/mol. The second-order valence-electron chi connectivity index (χ2n) is 16.8. The first-order valence-corrected chi connectivity index (χ1v) is 20.9. The number of benzene rings is 9. The zero-order valence-electron chi connectivity index (χ0n) is 33.2. The lowest BCUT2D eigenvalue weighted by atomic mass is 9.79. The highest BCUT2D eigenvalue weighted by molar-refractivity contribution is 6.09. The van der Waals surface area contributed by atoms with Gasteiger partial charge >= 0.3 is 0 Å². The number of fused-ring (bicyclic) bond motifs is 7. The summed E-state index contributed by atoms with van der Waals surface area (Å²) in [6.45, 7) is 4.78. The molecule has 0 atom stereocenters. The summed E-state index contributed by atoms with van der Waals surface area (Å²) in [4.78, 5) is 2.41. The summed E-state index contributed by atoms with van der Waals surface area (Å²) < 4.78 is 0. The van der Waals surface area contributed by atoms with Crippen molar-refractivity contribution in [1.29, 1.82) is 0 Å². The van der Waals surface area contributed by atoms with Crippen molar-refractivity contribution in [1.82, 2.24) is 0 Å². The second-order valence-corrected chi connectivity index (χ2v) is 16.8. The van der Waals surface area contributed by atoms with Gasteiger partial charge in [-0.15, -0.1) is 0 Å². The maximum Gasteiger partial charge on any atom is 0.0468 e. The van der Waals surface area contributed by atoms with E-state index in [1.807, 2.05) is 0 Å². The third-order valence-electron chi connectivity index (χ3n) is 13.1. The Kier molecular flexibility index (Phi) is 8.19. The Labute approximate surface area is 341 Å². The van der Waals surface area contributed by atoms with E-state index in [0.29, 0.717) is 0 Å². The largest absolute Gasteiger partial charge is 0.310 e. The fraction of sp³-hybridized carbons (Fsp3) is 0.123. The molecule has 0 aromatic heterocycles. The van der Waals surface area contributed by atoms with Crippen molar-refractivity contribution in [2.45, 2.75) is 44.9 Å². The van der Waals surface area contributed by atoms with Crippen molar-refractivity contribution in [3.8, 4) is 44.5 Å². The van der Waals surface area contributed by atoms with Gasteiger partial charge in [0, 0.05) is 22.5 Å². The molecule has 58 heavy (non-hydrogen) atoms. The fourth-order valence-corrected chi connectivity index (χ4v) is 10.0. The highest BCUT2D eigenvalue weighted by Gasteiger charge is 2.36. The van der Waals surface area contributed by atoms with E-state index in [-0.39, 0.29) is 5.41 Å². The maximum atomic E-state index is 2.52. The Morgan fingerprint density at radius 1 is 0.379 bits per heavy atom. The Morgan fingerprint density at radius 3 is 1.81 bits per heavy atom. The average Bonchev–Trinajstić information content (AvgIpc) is 3.51. The van der Waals surface area contributed by atoms with Gasteiger partial charge in [-0.25, -0.2) is 0 Å². The van der Waals surface area contributed by atoms with Crippen LogP contribution >= 0.6 is 0 Å². The molecule has 9 aromatic carbocycles. The van der Waals surface area contributed by atoms with Gasteiger partial charge in [-0.3, -0.25) is 0 Å². The van der Waals surface area contributed by atoms with E-state index in [9.17, 15) is 0 Å². The lowest BCUT2D eigenvalue weighted by Crippen LogP contribution is -2.15. The van der Waals surface area contributed by atoms with E-state index >= 15 is 0 Å². The molecule has 0 spiro atoms. The van der Waals surface area contributed by atoms with Crippen LogP contribution in [0.5, 0.6) is 0 Å². The number of hydrogen-bond acceptors (Lipinski definition) is 1. The first-order chi connectivity index (χ1) is 28.5. The zero-order valence-corrected chi connectivity index (χ0v) is 33.2. The van der Waals surface area contributed by atoms with E-state index in [4.69, 9.17) is 0 Å². The molecule has 0 heterocycles. The van der Waals surface area contributed by atoms with Crippen LogP contribution in [-0.4, -0.2) is 0 Å². The Bertz CT molecular complexity index is 3010. The SMILES string of the molecule is CC1(C)c2ccccc2-c2cc(-c3cccc4c3CCCC4)c(-c3ccc(N(c4ccc(-c5ccccc5)cc4)c4ccc5ccc6ccccc6c5c4)cc3)cc21. The smallest absolute Gasteiger partial charge is 0.0468 e. The van der Waals surface area contributed by atoms with Gasteiger partial charge in [0.25, 0.3) is 0 Å². The van der Waals surface area contributed by atoms with Crippen LogP contribution in [0.15, 0.2) is 188 Å². The second kappa shape index (κ2) is 13.7. The molecule has 0 unspecified atom stereocenters. The van der Waals surface area contributed by atoms with Crippen LogP contribution in [0, 0.1) is 0 Å². The molecular weight excluding hydrogens is 699 g/mol. The summed E-state index contributed by atoms with van der Waals surface area (Å²) in [7, 11) is 0. The predicted molar refractivity (Wildman–Crippen MR) is 247 cm³/mol. The van der Waals surface area contributed by atoms with Gasteiger partial charge in [0.05, 0.1) is 0 Å². The van der Waals surface area contributed by atoms with Crippen LogP contribution in [0.25, 0.3) is 66.1 Å². The molecule has 1 heteroatoms. The minimum absolute atomic E-state index is 0.0851. The van der Waals surface area contributed by atoms with Gasteiger partial charge in [-0.1, -0.05) is 153 Å². The first kappa shape index (κ1) is 34.5. The standard InChI is InChI=1S/C57H45N/c1-57(2)55-22-11-10-20-50(55)54-36-53(49-21-12-17-40-15-6-8-18-47(40)49)52(37-56(54)57)43-27-32-45(33-28-43)58(44-30-25-39(26-31-44)38-13-4-3-5-14-38)46-34-29-42-24-23-41-16-7-9-19-48(41)51(42)35-46/h3-5,7,9-14,16-17,19-37H,6,8,15,18H2,1-2H3. The number of rotatable bonds is 6. The van der Waals surface area contributed by atoms with Crippen LogP contribution in [0.4, 0.5) is 17.1 Å². The molecule has 278 valence electrons. The average molecular weight is 744 g/mol. The number of hydrogen-bond donors (Lipinski definition) is 0. The third-order valence-corrected chi connectivity index (χ3v) is 13.1. The van der Waals surface area contributed by atoms with Crippen molar-refractivity contribution in [3.63, 3.8) is 0 Å². The summed E-state index contributed by atoms with van der Waals surface area (Å²) in [6, 6.07) is 70.2.